The van der Waals surface area contributed by atoms with Gasteiger partial charge in [-0.25, -0.2) is 4.79 Å². The number of hydrogen-bond acceptors (Lipinski definition) is 4. The molecule has 1 saturated heterocycles. The Bertz CT molecular complexity index is 858. The topological polar surface area (TPSA) is 79.9 Å². The van der Waals surface area contributed by atoms with Crippen molar-refractivity contribution in [1.82, 2.24) is 10.2 Å². The zero-order chi connectivity index (χ0) is 21.5. The number of benzene rings is 2. The Morgan fingerprint density at radius 3 is 2.47 bits per heavy atom. The first-order valence-electron chi connectivity index (χ1n) is 9.74. The van der Waals surface area contributed by atoms with Crippen molar-refractivity contribution in [1.29, 1.82) is 0 Å². The van der Waals surface area contributed by atoms with Crippen molar-refractivity contribution in [3.63, 3.8) is 0 Å². The van der Waals surface area contributed by atoms with Gasteiger partial charge in [-0.2, -0.15) is 0 Å². The van der Waals surface area contributed by atoms with Gasteiger partial charge in [0.2, 0.25) is 5.91 Å². The smallest absolute Gasteiger partial charge is 0.319 e. The number of piperidine rings is 1. The Morgan fingerprint density at radius 1 is 1.13 bits per heavy atom. The van der Waals surface area contributed by atoms with E-state index in [2.05, 4.69) is 10.6 Å². The van der Waals surface area contributed by atoms with E-state index in [-0.39, 0.29) is 30.3 Å². The summed E-state index contributed by atoms with van der Waals surface area (Å²) in [6.07, 6.45) is 0.217. The fourth-order valence-electron chi connectivity index (χ4n) is 3.55. The molecule has 2 N–H and O–H groups in total. The number of methoxy groups -OCH3 is 2. The molecule has 0 aromatic heterocycles. The highest BCUT2D eigenvalue weighted by Gasteiger charge is 2.35. The third kappa shape index (κ3) is 5.64. The summed E-state index contributed by atoms with van der Waals surface area (Å²) in [5, 5.41) is 6.36. The summed E-state index contributed by atoms with van der Waals surface area (Å²) < 4.78 is 10.4. The number of likely N-dealkylation sites (tertiary alicyclic amines) is 1. The molecule has 2 atom stereocenters. The molecule has 7 nitrogen and oxygen atoms in total. The van der Waals surface area contributed by atoms with E-state index in [1.165, 1.54) is 0 Å². The van der Waals surface area contributed by atoms with Crippen LogP contribution < -0.4 is 15.4 Å². The Hall–Kier alpha value is -2.77. The second-order valence-electron chi connectivity index (χ2n) is 7.13. The molecule has 0 aliphatic carbocycles. The lowest BCUT2D eigenvalue weighted by atomic mass is 9.85. The van der Waals surface area contributed by atoms with Crippen molar-refractivity contribution >= 4 is 29.2 Å². The van der Waals surface area contributed by atoms with Crippen molar-refractivity contribution in [3.05, 3.63) is 59.1 Å². The summed E-state index contributed by atoms with van der Waals surface area (Å²) in [7, 11) is 3.23. The van der Waals surface area contributed by atoms with Crippen LogP contribution in [0.4, 0.5) is 10.5 Å². The van der Waals surface area contributed by atoms with E-state index < -0.39 is 0 Å². The lowest BCUT2D eigenvalue weighted by Crippen LogP contribution is -2.53. The molecule has 2 aromatic carbocycles. The third-order valence-electron chi connectivity index (χ3n) is 5.18. The Morgan fingerprint density at radius 2 is 1.83 bits per heavy atom. The van der Waals surface area contributed by atoms with E-state index in [4.69, 9.17) is 21.1 Å². The van der Waals surface area contributed by atoms with Crippen molar-refractivity contribution in [2.24, 2.45) is 0 Å². The van der Waals surface area contributed by atoms with Gasteiger partial charge in [0.15, 0.2) is 0 Å². The molecule has 160 valence electrons. The number of amides is 3. The van der Waals surface area contributed by atoms with Crippen LogP contribution in [-0.2, 0) is 9.53 Å². The SMILES string of the molecule is COCCN1CC(c2ccc(OC)cc2)[C@H](NC(=O)Nc2ccc(Cl)cc2)CC1=O. The zero-order valence-corrected chi connectivity index (χ0v) is 17.8. The van der Waals surface area contributed by atoms with Gasteiger partial charge in [0.1, 0.15) is 5.75 Å². The number of anilines is 1. The fraction of sp³-hybridized carbons (Fsp3) is 0.364. The third-order valence-corrected chi connectivity index (χ3v) is 5.43. The fourth-order valence-corrected chi connectivity index (χ4v) is 3.68. The molecule has 1 heterocycles. The maximum absolute atomic E-state index is 12.6. The summed E-state index contributed by atoms with van der Waals surface area (Å²) in [6, 6.07) is 13.9. The first kappa shape index (κ1) is 21.9. The van der Waals surface area contributed by atoms with Gasteiger partial charge in [0, 0.05) is 49.3 Å². The molecular weight excluding hydrogens is 406 g/mol. The normalized spacial score (nSPS) is 18.8. The number of urea groups is 1. The summed E-state index contributed by atoms with van der Waals surface area (Å²) in [5.74, 6) is 0.696. The van der Waals surface area contributed by atoms with Crippen LogP contribution in [0.5, 0.6) is 5.75 Å². The highest BCUT2D eigenvalue weighted by molar-refractivity contribution is 6.30. The first-order chi connectivity index (χ1) is 14.5. The molecule has 1 unspecified atom stereocenters. The average Bonchev–Trinajstić information content (AvgIpc) is 2.75. The molecule has 3 rings (SSSR count). The van der Waals surface area contributed by atoms with E-state index in [0.717, 1.165) is 11.3 Å². The van der Waals surface area contributed by atoms with Crippen LogP contribution in [-0.4, -0.2) is 56.8 Å². The molecule has 0 saturated carbocycles. The lowest BCUT2D eigenvalue weighted by molar-refractivity contribution is -0.135. The van der Waals surface area contributed by atoms with Crippen LogP contribution in [0, 0.1) is 0 Å². The number of carbonyl (C=O) groups is 2. The molecule has 2 aromatic rings. The lowest BCUT2D eigenvalue weighted by Gasteiger charge is -2.38. The average molecular weight is 432 g/mol. The predicted octanol–water partition coefficient (Wildman–Crippen LogP) is 3.50. The van der Waals surface area contributed by atoms with Crippen LogP contribution in [0.3, 0.4) is 0 Å². The van der Waals surface area contributed by atoms with Gasteiger partial charge in [0.25, 0.3) is 0 Å². The quantitative estimate of drug-likeness (QED) is 0.703. The second kappa shape index (κ2) is 10.3. The van der Waals surface area contributed by atoms with E-state index in [1.807, 2.05) is 24.3 Å². The van der Waals surface area contributed by atoms with Gasteiger partial charge in [-0.05, 0) is 42.0 Å². The molecule has 1 aliphatic heterocycles. The number of nitrogens with zero attached hydrogens (tertiary/aromatic N) is 1. The van der Waals surface area contributed by atoms with Crippen LogP contribution in [0.1, 0.15) is 17.9 Å². The Kier molecular flexibility index (Phi) is 7.54. The van der Waals surface area contributed by atoms with Gasteiger partial charge in [-0.1, -0.05) is 23.7 Å². The minimum Gasteiger partial charge on any atom is -0.497 e. The number of nitrogens with one attached hydrogen (secondary N) is 2. The van der Waals surface area contributed by atoms with Crippen molar-refractivity contribution in [3.8, 4) is 5.75 Å². The molecule has 8 heteroatoms. The number of halogens is 1. The van der Waals surface area contributed by atoms with E-state index >= 15 is 0 Å². The monoisotopic (exact) mass is 431 g/mol. The Labute approximate surface area is 181 Å². The van der Waals surface area contributed by atoms with Crippen LogP contribution in [0.2, 0.25) is 5.02 Å². The molecule has 0 radical (unpaired) electrons. The predicted molar refractivity (Wildman–Crippen MR) is 116 cm³/mol. The van der Waals surface area contributed by atoms with Crippen molar-refractivity contribution in [2.75, 3.05) is 39.2 Å². The highest BCUT2D eigenvalue weighted by atomic mass is 35.5. The number of hydrogen-bond donors (Lipinski definition) is 2. The summed E-state index contributed by atoms with van der Waals surface area (Å²) in [6.45, 7) is 1.49. The summed E-state index contributed by atoms with van der Waals surface area (Å²) in [4.78, 5) is 27.0. The van der Waals surface area contributed by atoms with Gasteiger partial charge in [-0.15, -0.1) is 0 Å². The number of ether oxygens (including phenoxy) is 2. The van der Waals surface area contributed by atoms with Gasteiger partial charge in [0.05, 0.1) is 13.7 Å². The Balaban J connectivity index is 1.75. The minimum atomic E-state index is -0.362. The number of carbonyl (C=O) groups excluding carboxylic acids is 2. The van der Waals surface area contributed by atoms with Gasteiger partial charge in [-0.3, -0.25) is 4.79 Å². The van der Waals surface area contributed by atoms with Crippen molar-refractivity contribution in [2.45, 2.75) is 18.4 Å². The van der Waals surface area contributed by atoms with Crippen LogP contribution in [0.25, 0.3) is 0 Å². The minimum absolute atomic E-state index is 0.00592. The molecule has 1 aliphatic rings. The second-order valence-corrected chi connectivity index (χ2v) is 7.56. The van der Waals surface area contributed by atoms with Gasteiger partial charge >= 0.3 is 6.03 Å². The standard InChI is InChI=1S/C22H26ClN3O4/c1-29-12-11-26-14-19(15-3-9-18(30-2)10-4-15)20(13-21(26)27)25-22(28)24-17-7-5-16(23)6-8-17/h3-10,19-20H,11-14H2,1-2H3,(H2,24,25,28)/t19?,20-/m1/s1. The summed E-state index contributed by atoms with van der Waals surface area (Å²) in [5.41, 5.74) is 1.66. The zero-order valence-electron chi connectivity index (χ0n) is 17.1. The molecule has 0 bridgehead atoms. The maximum Gasteiger partial charge on any atom is 0.319 e. The van der Waals surface area contributed by atoms with Gasteiger partial charge < -0.3 is 25.0 Å². The molecular formula is C22H26ClN3O4. The molecule has 1 fully saturated rings. The van der Waals surface area contributed by atoms with E-state index in [0.29, 0.717) is 30.4 Å². The molecule has 3 amide bonds. The first-order valence-corrected chi connectivity index (χ1v) is 10.1. The van der Waals surface area contributed by atoms with Crippen LogP contribution in [0.15, 0.2) is 48.5 Å². The van der Waals surface area contributed by atoms with E-state index in [9.17, 15) is 9.59 Å². The van der Waals surface area contributed by atoms with E-state index in [1.54, 1.807) is 43.4 Å². The molecule has 0 spiro atoms. The highest BCUT2D eigenvalue weighted by Crippen LogP contribution is 2.29. The largest absolute Gasteiger partial charge is 0.497 e. The number of rotatable bonds is 7. The van der Waals surface area contributed by atoms with Crippen LogP contribution >= 0.6 is 11.6 Å². The molecule has 30 heavy (non-hydrogen) atoms. The van der Waals surface area contributed by atoms with Crippen molar-refractivity contribution < 1.29 is 19.1 Å². The maximum atomic E-state index is 12.6. The summed E-state index contributed by atoms with van der Waals surface area (Å²) >= 11 is 5.89.